The van der Waals surface area contributed by atoms with Crippen LogP contribution in [0.25, 0.3) is 11.0 Å². The minimum Gasteiger partial charge on any atom is -0.423 e. The summed E-state index contributed by atoms with van der Waals surface area (Å²) in [5.41, 5.74) is 2.45. The Morgan fingerprint density at radius 1 is 1.18 bits per heavy atom. The maximum Gasteiger partial charge on any atom is 0.336 e. The Morgan fingerprint density at radius 2 is 1.88 bits per heavy atom. The van der Waals surface area contributed by atoms with Gasteiger partial charge in [-0.1, -0.05) is 13.8 Å². The van der Waals surface area contributed by atoms with Gasteiger partial charge in [-0.15, -0.1) is 0 Å². The number of hydrogen-bond acceptors (Lipinski definition) is 3. The molecule has 3 heteroatoms. The van der Waals surface area contributed by atoms with E-state index in [0.29, 0.717) is 11.5 Å². The molecule has 0 unspecified atom stereocenters. The molecule has 3 nitrogen and oxygen atoms in total. The summed E-state index contributed by atoms with van der Waals surface area (Å²) in [5.74, 6) is 0.312. The van der Waals surface area contributed by atoms with Crippen molar-refractivity contribution in [1.82, 2.24) is 0 Å². The summed E-state index contributed by atoms with van der Waals surface area (Å²) in [6, 6.07) is 7.54. The Labute approximate surface area is 101 Å². The molecule has 0 aliphatic heterocycles. The first-order chi connectivity index (χ1) is 7.99. The Hall–Kier alpha value is -1.77. The molecule has 0 radical (unpaired) electrons. The molecule has 17 heavy (non-hydrogen) atoms. The summed E-state index contributed by atoms with van der Waals surface area (Å²) in [6.07, 6.45) is 0. The average molecular weight is 231 g/mol. The highest BCUT2D eigenvalue weighted by molar-refractivity contribution is 5.84. The first kappa shape index (κ1) is 11.7. The molecule has 0 spiro atoms. The number of fused-ring (bicyclic) bond motifs is 1. The predicted octanol–water partition coefficient (Wildman–Crippen LogP) is 2.98. The van der Waals surface area contributed by atoms with Crippen LogP contribution in [0.5, 0.6) is 0 Å². The van der Waals surface area contributed by atoms with Gasteiger partial charge in [0.15, 0.2) is 0 Å². The highest BCUT2D eigenvalue weighted by Crippen LogP contribution is 2.26. The van der Waals surface area contributed by atoms with Crippen molar-refractivity contribution in [1.29, 1.82) is 0 Å². The Kier molecular flexibility index (Phi) is 2.92. The van der Waals surface area contributed by atoms with Gasteiger partial charge in [-0.05, 0) is 23.6 Å². The molecular weight excluding hydrogens is 214 g/mol. The zero-order valence-corrected chi connectivity index (χ0v) is 10.7. The molecule has 0 amide bonds. The molecule has 0 saturated heterocycles. The topological polar surface area (TPSA) is 33.5 Å². The molecule has 90 valence electrons. The second-order valence-corrected chi connectivity index (χ2v) is 4.75. The van der Waals surface area contributed by atoms with E-state index < -0.39 is 0 Å². The number of nitrogens with zero attached hydrogens (tertiary/aromatic N) is 1. The standard InChI is InChI=1S/C14H17NO2/c1-9(2)12-8-14(16)17-13-7-10(15(3)4)5-6-11(12)13/h5-9H,1-4H3. The van der Waals surface area contributed by atoms with Crippen LogP contribution in [-0.2, 0) is 0 Å². The number of anilines is 1. The molecule has 0 fully saturated rings. The second kappa shape index (κ2) is 4.24. The summed E-state index contributed by atoms with van der Waals surface area (Å²) >= 11 is 0. The van der Waals surface area contributed by atoms with Crippen molar-refractivity contribution in [3.63, 3.8) is 0 Å². The molecule has 0 N–H and O–H groups in total. The summed E-state index contributed by atoms with van der Waals surface area (Å²) in [4.78, 5) is 13.5. The lowest BCUT2D eigenvalue weighted by Crippen LogP contribution is -2.09. The van der Waals surface area contributed by atoms with Crippen LogP contribution in [0, 0.1) is 0 Å². The molecule has 0 aliphatic rings. The van der Waals surface area contributed by atoms with Gasteiger partial charge in [0.05, 0.1) is 0 Å². The minimum atomic E-state index is -0.280. The van der Waals surface area contributed by atoms with Gasteiger partial charge in [0.2, 0.25) is 0 Å². The van der Waals surface area contributed by atoms with Crippen LogP contribution < -0.4 is 10.5 Å². The van der Waals surface area contributed by atoms with E-state index in [4.69, 9.17) is 4.42 Å². The smallest absolute Gasteiger partial charge is 0.336 e. The first-order valence-corrected chi connectivity index (χ1v) is 5.74. The van der Waals surface area contributed by atoms with Crippen LogP contribution in [0.2, 0.25) is 0 Å². The fourth-order valence-electron chi connectivity index (χ4n) is 1.93. The molecule has 2 rings (SSSR count). The van der Waals surface area contributed by atoms with Crippen molar-refractivity contribution in [3.8, 4) is 0 Å². The maximum atomic E-state index is 11.5. The monoisotopic (exact) mass is 231 g/mol. The van der Waals surface area contributed by atoms with Crippen LogP contribution in [0.3, 0.4) is 0 Å². The van der Waals surface area contributed by atoms with Crippen LogP contribution in [0.4, 0.5) is 5.69 Å². The van der Waals surface area contributed by atoms with Crippen molar-refractivity contribution in [2.24, 2.45) is 0 Å². The quantitative estimate of drug-likeness (QED) is 0.745. The normalized spacial score (nSPS) is 11.1. The van der Waals surface area contributed by atoms with Gasteiger partial charge >= 0.3 is 5.63 Å². The highest BCUT2D eigenvalue weighted by Gasteiger charge is 2.09. The predicted molar refractivity (Wildman–Crippen MR) is 70.9 cm³/mol. The third-order valence-corrected chi connectivity index (χ3v) is 2.90. The molecule has 0 aliphatic carbocycles. The summed E-state index contributed by atoms with van der Waals surface area (Å²) in [6.45, 7) is 4.15. The van der Waals surface area contributed by atoms with E-state index in [1.54, 1.807) is 6.07 Å². The van der Waals surface area contributed by atoms with Gasteiger partial charge in [-0.3, -0.25) is 0 Å². The molecule has 1 heterocycles. The Bertz CT molecular complexity index is 597. The average Bonchev–Trinajstić information content (AvgIpc) is 2.26. The SMILES string of the molecule is CC(C)c1cc(=O)oc2cc(N(C)C)ccc12. The number of rotatable bonds is 2. The summed E-state index contributed by atoms with van der Waals surface area (Å²) in [7, 11) is 3.93. The Morgan fingerprint density at radius 3 is 2.47 bits per heavy atom. The van der Waals surface area contributed by atoms with Crippen molar-refractivity contribution in [3.05, 3.63) is 40.2 Å². The maximum absolute atomic E-state index is 11.5. The van der Waals surface area contributed by atoms with Crippen molar-refractivity contribution in [2.45, 2.75) is 19.8 Å². The number of benzene rings is 1. The van der Waals surface area contributed by atoms with Gasteiger partial charge in [0.25, 0.3) is 0 Å². The largest absolute Gasteiger partial charge is 0.423 e. The zero-order valence-electron chi connectivity index (χ0n) is 10.7. The summed E-state index contributed by atoms with van der Waals surface area (Å²) < 4.78 is 5.26. The van der Waals surface area contributed by atoms with Crippen LogP contribution in [0.1, 0.15) is 25.3 Å². The van der Waals surface area contributed by atoms with E-state index in [9.17, 15) is 4.79 Å². The minimum absolute atomic E-state index is 0.280. The third kappa shape index (κ3) is 2.18. The third-order valence-electron chi connectivity index (χ3n) is 2.90. The fourth-order valence-corrected chi connectivity index (χ4v) is 1.93. The van der Waals surface area contributed by atoms with Gasteiger partial charge in [-0.25, -0.2) is 4.79 Å². The van der Waals surface area contributed by atoms with E-state index >= 15 is 0 Å². The van der Waals surface area contributed by atoms with Crippen LogP contribution in [0.15, 0.2) is 33.5 Å². The Balaban J connectivity index is 2.75. The fraction of sp³-hybridized carbons (Fsp3) is 0.357. The lowest BCUT2D eigenvalue weighted by molar-refractivity contribution is 0.557. The second-order valence-electron chi connectivity index (χ2n) is 4.75. The molecule has 1 aromatic heterocycles. The molecule has 0 saturated carbocycles. The molecule has 2 aromatic rings. The van der Waals surface area contributed by atoms with Crippen LogP contribution in [-0.4, -0.2) is 14.1 Å². The highest BCUT2D eigenvalue weighted by atomic mass is 16.4. The van der Waals surface area contributed by atoms with Crippen molar-refractivity contribution in [2.75, 3.05) is 19.0 Å². The lowest BCUT2D eigenvalue weighted by Gasteiger charge is -2.14. The summed E-state index contributed by atoms with van der Waals surface area (Å²) in [5, 5.41) is 1.02. The molecule has 0 bridgehead atoms. The van der Waals surface area contributed by atoms with Crippen LogP contribution >= 0.6 is 0 Å². The molecule has 1 aromatic carbocycles. The van der Waals surface area contributed by atoms with Gasteiger partial charge < -0.3 is 9.32 Å². The number of hydrogen-bond donors (Lipinski definition) is 0. The van der Waals surface area contributed by atoms with Crippen molar-refractivity contribution >= 4 is 16.7 Å². The van der Waals surface area contributed by atoms with Gasteiger partial charge in [-0.2, -0.15) is 0 Å². The van der Waals surface area contributed by atoms with E-state index in [1.165, 1.54) is 0 Å². The van der Waals surface area contributed by atoms with E-state index in [1.807, 2.05) is 37.2 Å². The van der Waals surface area contributed by atoms with Gasteiger partial charge in [0, 0.05) is 37.3 Å². The zero-order chi connectivity index (χ0) is 12.6. The van der Waals surface area contributed by atoms with Crippen molar-refractivity contribution < 1.29 is 4.42 Å². The van der Waals surface area contributed by atoms with E-state index in [2.05, 4.69) is 13.8 Å². The lowest BCUT2D eigenvalue weighted by atomic mass is 9.99. The van der Waals surface area contributed by atoms with Gasteiger partial charge in [0.1, 0.15) is 5.58 Å². The molecular formula is C14H17NO2. The first-order valence-electron chi connectivity index (χ1n) is 5.74. The van der Waals surface area contributed by atoms with E-state index in [-0.39, 0.29) is 5.63 Å². The molecule has 0 atom stereocenters. The van der Waals surface area contributed by atoms with E-state index in [0.717, 1.165) is 16.6 Å².